The SMILES string of the molecule is Cc1ccc(CNC(=O)c2ccc3nnc(C4CN(Cc5ccccc5)CCN4C)n3c2)o1. The van der Waals surface area contributed by atoms with Crippen molar-refractivity contribution in [2.75, 3.05) is 26.7 Å². The number of fused-ring (bicyclic) bond motifs is 1. The van der Waals surface area contributed by atoms with Crippen LogP contribution in [0.15, 0.2) is 65.2 Å². The van der Waals surface area contributed by atoms with E-state index < -0.39 is 0 Å². The number of hydrogen-bond acceptors (Lipinski definition) is 6. The fourth-order valence-electron chi connectivity index (χ4n) is 4.31. The zero-order valence-corrected chi connectivity index (χ0v) is 18.9. The highest BCUT2D eigenvalue weighted by Gasteiger charge is 2.29. The Morgan fingerprint density at radius 1 is 1.09 bits per heavy atom. The van der Waals surface area contributed by atoms with Crippen molar-refractivity contribution in [1.29, 1.82) is 0 Å². The van der Waals surface area contributed by atoms with Crippen molar-refractivity contribution in [1.82, 2.24) is 29.7 Å². The van der Waals surface area contributed by atoms with E-state index in [0.29, 0.717) is 12.1 Å². The number of aryl methyl sites for hydroxylation is 1. The van der Waals surface area contributed by atoms with E-state index in [1.54, 1.807) is 6.07 Å². The molecule has 170 valence electrons. The molecule has 1 aliphatic rings. The summed E-state index contributed by atoms with van der Waals surface area (Å²) in [5.41, 5.74) is 2.60. The number of aromatic nitrogens is 3. The number of carbonyl (C=O) groups excluding carboxylic acids is 1. The van der Waals surface area contributed by atoms with E-state index in [4.69, 9.17) is 4.42 Å². The van der Waals surface area contributed by atoms with Crippen LogP contribution in [0.2, 0.25) is 0 Å². The highest BCUT2D eigenvalue weighted by molar-refractivity contribution is 5.94. The van der Waals surface area contributed by atoms with Crippen LogP contribution >= 0.6 is 0 Å². The molecule has 0 aliphatic carbocycles. The number of likely N-dealkylation sites (N-methyl/N-ethyl adjacent to an activating group) is 1. The molecule has 1 N–H and O–H groups in total. The number of furan rings is 1. The van der Waals surface area contributed by atoms with Gasteiger partial charge in [-0.1, -0.05) is 30.3 Å². The number of rotatable bonds is 6. The quantitative estimate of drug-likeness (QED) is 0.493. The van der Waals surface area contributed by atoms with E-state index in [2.05, 4.69) is 56.6 Å². The Kier molecular flexibility index (Phi) is 5.93. The number of benzene rings is 1. The van der Waals surface area contributed by atoms with Gasteiger partial charge in [0.05, 0.1) is 18.2 Å². The van der Waals surface area contributed by atoms with Gasteiger partial charge in [-0.2, -0.15) is 0 Å². The van der Waals surface area contributed by atoms with E-state index in [1.165, 1.54) is 5.56 Å². The lowest BCUT2D eigenvalue weighted by atomic mass is 10.1. The number of nitrogens with zero attached hydrogens (tertiary/aromatic N) is 5. The molecule has 1 aliphatic heterocycles. The van der Waals surface area contributed by atoms with Crippen LogP contribution in [0.3, 0.4) is 0 Å². The van der Waals surface area contributed by atoms with Crippen LogP contribution in [-0.4, -0.2) is 57.0 Å². The van der Waals surface area contributed by atoms with E-state index in [9.17, 15) is 4.79 Å². The number of hydrogen-bond donors (Lipinski definition) is 1. The van der Waals surface area contributed by atoms with Crippen molar-refractivity contribution >= 4 is 11.6 Å². The average Bonchev–Trinajstić information content (AvgIpc) is 3.45. The van der Waals surface area contributed by atoms with Gasteiger partial charge in [-0.25, -0.2) is 0 Å². The highest BCUT2D eigenvalue weighted by Crippen LogP contribution is 2.24. The number of amides is 1. The van der Waals surface area contributed by atoms with Crippen LogP contribution in [-0.2, 0) is 13.1 Å². The number of pyridine rings is 1. The lowest BCUT2D eigenvalue weighted by Crippen LogP contribution is -2.46. The smallest absolute Gasteiger partial charge is 0.253 e. The first-order valence-electron chi connectivity index (χ1n) is 11.2. The summed E-state index contributed by atoms with van der Waals surface area (Å²) in [7, 11) is 2.12. The van der Waals surface area contributed by atoms with Crippen molar-refractivity contribution < 1.29 is 9.21 Å². The van der Waals surface area contributed by atoms with Gasteiger partial charge >= 0.3 is 0 Å². The Morgan fingerprint density at radius 3 is 2.73 bits per heavy atom. The summed E-state index contributed by atoms with van der Waals surface area (Å²) >= 11 is 0. The predicted octanol–water partition coefficient (Wildman–Crippen LogP) is 3.05. The summed E-state index contributed by atoms with van der Waals surface area (Å²) in [6.07, 6.45) is 1.83. The highest BCUT2D eigenvalue weighted by atomic mass is 16.3. The van der Waals surface area contributed by atoms with Gasteiger partial charge in [-0.05, 0) is 43.8 Å². The Morgan fingerprint density at radius 2 is 1.94 bits per heavy atom. The summed E-state index contributed by atoms with van der Waals surface area (Å²) in [6, 6.07) is 18.0. The van der Waals surface area contributed by atoms with E-state index in [1.807, 2.05) is 41.8 Å². The minimum absolute atomic E-state index is 0.0851. The maximum atomic E-state index is 12.8. The second kappa shape index (κ2) is 9.17. The van der Waals surface area contributed by atoms with Gasteiger partial charge in [0.2, 0.25) is 0 Å². The molecule has 0 saturated carbocycles. The van der Waals surface area contributed by atoms with Crippen LogP contribution in [0, 0.1) is 6.92 Å². The first-order chi connectivity index (χ1) is 16.1. The fraction of sp³-hybridized carbons (Fsp3) is 0.320. The summed E-state index contributed by atoms with van der Waals surface area (Å²) in [5.74, 6) is 2.25. The van der Waals surface area contributed by atoms with Crippen molar-refractivity contribution in [3.05, 3.63) is 89.3 Å². The first kappa shape index (κ1) is 21.4. The molecule has 1 fully saturated rings. The molecule has 1 unspecified atom stereocenters. The Labute approximate surface area is 192 Å². The van der Waals surface area contributed by atoms with Crippen LogP contribution in [0.4, 0.5) is 0 Å². The molecule has 1 atom stereocenters. The summed E-state index contributed by atoms with van der Waals surface area (Å²) < 4.78 is 7.48. The fourth-order valence-corrected chi connectivity index (χ4v) is 4.31. The molecule has 8 nitrogen and oxygen atoms in total. The maximum Gasteiger partial charge on any atom is 0.253 e. The van der Waals surface area contributed by atoms with Gasteiger partial charge in [0.25, 0.3) is 5.91 Å². The van der Waals surface area contributed by atoms with Gasteiger partial charge in [-0.3, -0.25) is 19.0 Å². The number of carbonyl (C=O) groups is 1. The Hall–Kier alpha value is -3.49. The monoisotopic (exact) mass is 444 g/mol. The normalized spacial score (nSPS) is 17.5. The minimum atomic E-state index is -0.159. The molecule has 4 heterocycles. The van der Waals surface area contributed by atoms with Crippen molar-refractivity contribution in [2.24, 2.45) is 0 Å². The molecular formula is C25H28N6O2. The van der Waals surface area contributed by atoms with Crippen LogP contribution in [0.5, 0.6) is 0 Å². The van der Waals surface area contributed by atoms with Crippen LogP contribution in [0.25, 0.3) is 5.65 Å². The summed E-state index contributed by atoms with van der Waals surface area (Å²) in [5, 5.41) is 11.8. The molecule has 5 rings (SSSR count). The molecule has 0 radical (unpaired) electrons. The van der Waals surface area contributed by atoms with Crippen LogP contribution in [0.1, 0.15) is 39.3 Å². The standard InChI is InChI=1S/C25H28N6O2/c1-18-8-10-21(33-18)14-26-25(32)20-9-11-23-27-28-24(31(23)16-20)22-17-30(13-12-29(22)2)15-19-6-4-3-5-7-19/h3-11,16,22H,12-15,17H2,1-2H3,(H,26,32). The largest absolute Gasteiger partial charge is 0.465 e. The van der Waals surface area contributed by atoms with Crippen LogP contribution < -0.4 is 5.32 Å². The zero-order valence-electron chi connectivity index (χ0n) is 18.9. The average molecular weight is 445 g/mol. The molecule has 4 aromatic rings. The van der Waals surface area contributed by atoms with E-state index >= 15 is 0 Å². The summed E-state index contributed by atoms with van der Waals surface area (Å²) in [4.78, 5) is 17.5. The molecule has 33 heavy (non-hydrogen) atoms. The molecule has 0 bridgehead atoms. The first-order valence-corrected chi connectivity index (χ1v) is 11.2. The van der Waals surface area contributed by atoms with E-state index in [-0.39, 0.29) is 11.9 Å². The molecular weight excluding hydrogens is 416 g/mol. The third kappa shape index (κ3) is 4.67. The zero-order chi connectivity index (χ0) is 22.8. The van der Waals surface area contributed by atoms with Gasteiger partial charge in [0, 0.05) is 32.4 Å². The van der Waals surface area contributed by atoms with Crippen molar-refractivity contribution in [3.8, 4) is 0 Å². The Balaban J connectivity index is 1.34. The third-order valence-electron chi connectivity index (χ3n) is 6.19. The number of nitrogens with one attached hydrogen (secondary N) is 1. The van der Waals surface area contributed by atoms with Gasteiger partial charge in [0.1, 0.15) is 11.5 Å². The molecule has 8 heteroatoms. The Bertz CT molecular complexity index is 1250. The van der Waals surface area contributed by atoms with Crippen molar-refractivity contribution in [2.45, 2.75) is 26.1 Å². The maximum absolute atomic E-state index is 12.8. The van der Waals surface area contributed by atoms with Gasteiger partial charge in [-0.15, -0.1) is 10.2 Å². The van der Waals surface area contributed by atoms with Gasteiger partial charge < -0.3 is 9.73 Å². The molecule has 0 spiro atoms. The van der Waals surface area contributed by atoms with E-state index in [0.717, 1.165) is 49.2 Å². The lowest BCUT2D eigenvalue weighted by Gasteiger charge is -2.38. The molecule has 1 amide bonds. The topological polar surface area (TPSA) is 78.9 Å². The second-order valence-electron chi connectivity index (χ2n) is 8.62. The molecule has 3 aromatic heterocycles. The second-order valence-corrected chi connectivity index (χ2v) is 8.62. The van der Waals surface area contributed by atoms with Crippen molar-refractivity contribution in [3.63, 3.8) is 0 Å². The lowest BCUT2D eigenvalue weighted by molar-refractivity contribution is 0.0852. The minimum Gasteiger partial charge on any atom is -0.465 e. The molecule has 1 aromatic carbocycles. The summed E-state index contributed by atoms with van der Waals surface area (Å²) in [6.45, 7) is 5.92. The number of piperazine rings is 1. The van der Waals surface area contributed by atoms with Gasteiger partial charge in [0.15, 0.2) is 11.5 Å². The predicted molar refractivity (Wildman–Crippen MR) is 125 cm³/mol. The third-order valence-corrected chi connectivity index (χ3v) is 6.19. The molecule has 1 saturated heterocycles.